The maximum Gasteiger partial charge on any atom is 0.179 e. The van der Waals surface area contributed by atoms with Crippen molar-refractivity contribution in [3.63, 3.8) is 0 Å². The largest absolute Gasteiger partial charge is 0.330 e. The Morgan fingerprint density at radius 2 is 1.64 bits per heavy atom. The van der Waals surface area contributed by atoms with Crippen molar-refractivity contribution in [1.82, 2.24) is 4.57 Å². The molecule has 0 bridgehead atoms. The van der Waals surface area contributed by atoms with E-state index in [0.29, 0.717) is 0 Å². The van der Waals surface area contributed by atoms with Gasteiger partial charge in [0.25, 0.3) is 0 Å². The van der Waals surface area contributed by atoms with Crippen LogP contribution in [0.15, 0.2) is 65.3 Å². The fourth-order valence-corrected chi connectivity index (χ4v) is 4.73. The van der Waals surface area contributed by atoms with E-state index in [4.69, 9.17) is 0 Å². The fourth-order valence-electron chi connectivity index (χ4n) is 3.53. The lowest BCUT2D eigenvalue weighted by atomic mass is 9.91. The van der Waals surface area contributed by atoms with Crippen LogP contribution in [0.1, 0.15) is 27.9 Å². The van der Waals surface area contributed by atoms with Gasteiger partial charge in [-0.2, -0.15) is 0 Å². The Bertz CT molecular complexity index is 916. The predicted octanol–water partition coefficient (Wildman–Crippen LogP) is 5.86. The second kappa shape index (κ2) is 6.93. The number of rotatable bonds is 3. The van der Waals surface area contributed by atoms with E-state index in [-0.39, 0.29) is 10.6 Å². The van der Waals surface area contributed by atoms with Crippen molar-refractivity contribution >= 4 is 37.6 Å². The third-order valence-corrected chi connectivity index (χ3v) is 6.41. The third kappa shape index (κ3) is 3.02. The van der Waals surface area contributed by atoms with Crippen LogP contribution in [0.3, 0.4) is 0 Å². The van der Waals surface area contributed by atoms with Gasteiger partial charge in [-0.25, -0.2) is 0 Å². The summed E-state index contributed by atoms with van der Waals surface area (Å²) in [5, 5.41) is 0. The second-order valence-electron chi connectivity index (χ2n) is 6.30. The molecular weight excluding hydrogens is 442 g/mol. The number of fused-ring (bicyclic) bond motifs is 1. The Labute approximate surface area is 164 Å². The summed E-state index contributed by atoms with van der Waals surface area (Å²) in [5.74, 6) is 0.178. The summed E-state index contributed by atoms with van der Waals surface area (Å²) in [7, 11) is 0. The first kappa shape index (κ1) is 16.8. The van der Waals surface area contributed by atoms with E-state index in [9.17, 15) is 4.79 Å². The van der Waals surface area contributed by atoms with Gasteiger partial charge in [0.1, 0.15) is 0 Å². The summed E-state index contributed by atoms with van der Waals surface area (Å²) >= 11 is 7.27. The second-order valence-corrected chi connectivity index (χ2v) is 8.16. The van der Waals surface area contributed by atoms with Crippen LogP contribution < -0.4 is 0 Å². The standard InChI is InChI=1S/C21H17Br2NO/c22-17-12-11-16-18(20(17)25)21(23)24(13-14-7-3-1-4-8-14)19(16)15-9-5-2-6-10-15/h1-10,17H,11-13H2. The minimum Gasteiger partial charge on any atom is -0.330 e. The van der Waals surface area contributed by atoms with E-state index in [0.717, 1.165) is 46.4 Å². The van der Waals surface area contributed by atoms with E-state index in [1.807, 2.05) is 24.3 Å². The number of halogens is 2. The molecule has 2 aromatic carbocycles. The molecule has 1 unspecified atom stereocenters. The molecule has 4 rings (SSSR count). The number of benzene rings is 2. The zero-order chi connectivity index (χ0) is 17.4. The van der Waals surface area contributed by atoms with Gasteiger partial charge in [-0.3, -0.25) is 4.79 Å². The van der Waals surface area contributed by atoms with Gasteiger partial charge in [-0.15, -0.1) is 0 Å². The third-order valence-electron chi connectivity index (χ3n) is 4.71. The topological polar surface area (TPSA) is 22.0 Å². The Hall–Kier alpha value is -1.65. The average Bonchev–Trinajstić information content (AvgIpc) is 2.92. The van der Waals surface area contributed by atoms with Crippen LogP contribution in [-0.4, -0.2) is 15.2 Å². The van der Waals surface area contributed by atoms with Crippen molar-refractivity contribution in [3.05, 3.63) is 82.0 Å². The van der Waals surface area contributed by atoms with Crippen molar-refractivity contribution in [2.24, 2.45) is 0 Å². The smallest absolute Gasteiger partial charge is 0.179 e. The van der Waals surface area contributed by atoms with Gasteiger partial charge < -0.3 is 4.57 Å². The van der Waals surface area contributed by atoms with E-state index in [1.54, 1.807) is 0 Å². The summed E-state index contributed by atoms with van der Waals surface area (Å²) in [6, 6.07) is 20.7. The van der Waals surface area contributed by atoms with Gasteiger partial charge in [0.05, 0.1) is 20.7 Å². The molecule has 0 saturated carbocycles. The number of aromatic nitrogens is 1. The van der Waals surface area contributed by atoms with Gasteiger partial charge in [0, 0.05) is 6.54 Å². The lowest BCUT2D eigenvalue weighted by Crippen LogP contribution is -2.21. The molecule has 0 amide bonds. The minimum absolute atomic E-state index is 0.0903. The first-order valence-corrected chi connectivity index (χ1v) is 10.1. The van der Waals surface area contributed by atoms with E-state index in [1.165, 1.54) is 5.56 Å². The van der Waals surface area contributed by atoms with Gasteiger partial charge >= 0.3 is 0 Å². The highest BCUT2D eigenvalue weighted by atomic mass is 79.9. The molecule has 0 radical (unpaired) electrons. The van der Waals surface area contributed by atoms with E-state index >= 15 is 0 Å². The molecule has 126 valence electrons. The monoisotopic (exact) mass is 457 g/mol. The van der Waals surface area contributed by atoms with Crippen LogP contribution >= 0.6 is 31.9 Å². The number of ketones is 1. The quantitative estimate of drug-likeness (QED) is 0.450. The van der Waals surface area contributed by atoms with E-state index in [2.05, 4.69) is 72.8 Å². The van der Waals surface area contributed by atoms with Crippen LogP contribution in [0.4, 0.5) is 0 Å². The first-order valence-electron chi connectivity index (χ1n) is 8.35. The molecule has 0 N–H and O–H groups in total. The average molecular weight is 459 g/mol. The lowest BCUT2D eigenvalue weighted by Gasteiger charge is -2.17. The number of nitrogens with zero attached hydrogens (tertiary/aromatic N) is 1. The van der Waals surface area contributed by atoms with Gasteiger partial charge in [-0.1, -0.05) is 76.6 Å². The molecular formula is C21H17Br2NO. The highest BCUT2D eigenvalue weighted by Crippen LogP contribution is 2.40. The molecule has 3 aromatic rings. The van der Waals surface area contributed by atoms with Crippen LogP contribution in [0.2, 0.25) is 0 Å². The summed E-state index contributed by atoms with van der Waals surface area (Å²) in [4.78, 5) is 12.7. The van der Waals surface area contributed by atoms with Crippen LogP contribution in [0, 0.1) is 0 Å². The van der Waals surface area contributed by atoms with Crippen molar-refractivity contribution < 1.29 is 4.79 Å². The number of hydrogen-bond donors (Lipinski definition) is 0. The Kier molecular flexibility index (Phi) is 4.65. The molecule has 1 aliphatic rings. The van der Waals surface area contributed by atoms with Crippen molar-refractivity contribution in [2.45, 2.75) is 24.2 Å². The zero-order valence-corrected chi connectivity index (χ0v) is 16.8. The number of alkyl halides is 1. The summed E-state index contributed by atoms with van der Waals surface area (Å²) in [5.41, 5.74) is 5.52. The molecule has 0 spiro atoms. The molecule has 1 aliphatic carbocycles. The number of carbonyl (C=O) groups excluding carboxylic acids is 1. The number of carbonyl (C=O) groups is 1. The number of Topliss-reactive ketones (excluding diaryl/α,β-unsaturated/α-hetero) is 1. The molecule has 1 aromatic heterocycles. The maximum atomic E-state index is 12.8. The van der Waals surface area contributed by atoms with Crippen LogP contribution in [-0.2, 0) is 13.0 Å². The molecule has 1 heterocycles. The molecule has 0 saturated heterocycles. The molecule has 0 aliphatic heterocycles. The number of hydrogen-bond acceptors (Lipinski definition) is 1. The molecule has 0 fully saturated rings. The maximum absolute atomic E-state index is 12.8. The van der Waals surface area contributed by atoms with Gasteiger partial charge in [0.15, 0.2) is 5.78 Å². The molecule has 4 heteroatoms. The Morgan fingerprint density at radius 3 is 2.32 bits per heavy atom. The van der Waals surface area contributed by atoms with Crippen molar-refractivity contribution in [2.75, 3.05) is 0 Å². The van der Waals surface area contributed by atoms with Crippen molar-refractivity contribution in [1.29, 1.82) is 0 Å². The Morgan fingerprint density at radius 1 is 1.00 bits per heavy atom. The van der Waals surface area contributed by atoms with E-state index < -0.39 is 0 Å². The fraction of sp³-hybridized carbons (Fsp3) is 0.190. The van der Waals surface area contributed by atoms with Crippen molar-refractivity contribution in [3.8, 4) is 11.3 Å². The highest BCUT2D eigenvalue weighted by Gasteiger charge is 2.33. The summed E-state index contributed by atoms with van der Waals surface area (Å²) in [6.07, 6.45) is 1.75. The Balaban J connectivity index is 1.93. The lowest BCUT2D eigenvalue weighted by molar-refractivity contribution is 0.0981. The van der Waals surface area contributed by atoms with Crippen LogP contribution in [0.25, 0.3) is 11.3 Å². The normalized spacial score (nSPS) is 16.7. The molecule has 2 nitrogen and oxygen atoms in total. The molecule has 25 heavy (non-hydrogen) atoms. The zero-order valence-electron chi connectivity index (χ0n) is 13.6. The predicted molar refractivity (Wildman–Crippen MR) is 108 cm³/mol. The summed E-state index contributed by atoms with van der Waals surface area (Å²) in [6.45, 7) is 0.735. The SMILES string of the molecule is O=C1c2c(c(-c3ccccc3)n(Cc3ccccc3)c2Br)CCC1Br. The van der Waals surface area contributed by atoms with Gasteiger partial charge in [0.2, 0.25) is 0 Å². The van der Waals surface area contributed by atoms with Crippen LogP contribution in [0.5, 0.6) is 0 Å². The minimum atomic E-state index is -0.0903. The summed E-state index contributed by atoms with van der Waals surface area (Å²) < 4.78 is 3.12. The van der Waals surface area contributed by atoms with Gasteiger partial charge in [-0.05, 0) is 45.5 Å². The molecule has 1 atom stereocenters. The highest BCUT2D eigenvalue weighted by molar-refractivity contribution is 9.10. The first-order chi connectivity index (χ1) is 12.2.